The number of benzene rings is 1. The van der Waals surface area contributed by atoms with Crippen LogP contribution in [0, 0.1) is 5.92 Å². The summed E-state index contributed by atoms with van der Waals surface area (Å²) in [4.78, 5) is 2.66. The molecule has 0 bridgehead atoms. The van der Waals surface area contributed by atoms with E-state index < -0.39 is 0 Å². The summed E-state index contributed by atoms with van der Waals surface area (Å²) in [5.41, 5.74) is 7.56. The van der Waals surface area contributed by atoms with Crippen LogP contribution in [0.15, 0.2) is 24.3 Å². The highest BCUT2D eigenvalue weighted by atomic mass is 35.5. The first kappa shape index (κ1) is 14.4. The third kappa shape index (κ3) is 2.61. The van der Waals surface area contributed by atoms with Gasteiger partial charge >= 0.3 is 0 Å². The minimum atomic E-state index is 0.106. The molecule has 2 N–H and O–H groups in total. The van der Waals surface area contributed by atoms with E-state index in [1.54, 1.807) is 0 Å². The first-order valence-electron chi connectivity index (χ1n) is 7.94. The Kier molecular flexibility index (Phi) is 4.34. The zero-order chi connectivity index (χ0) is 14.1. The highest BCUT2D eigenvalue weighted by Gasteiger charge is 2.39. The molecule has 0 spiro atoms. The van der Waals surface area contributed by atoms with Crippen molar-refractivity contribution in [3.63, 3.8) is 0 Å². The molecule has 1 saturated heterocycles. The number of nitrogens with two attached hydrogens (primary N) is 1. The van der Waals surface area contributed by atoms with Crippen molar-refractivity contribution in [3.8, 4) is 0 Å². The fourth-order valence-electron chi connectivity index (χ4n) is 4.32. The average Bonchev–Trinajstić information content (AvgIpc) is 2.90. The monoisotopic (exact) mass is 292 g/mol. The fraction of sp³-hybridized carbons (Fsp3) is 0.647. The number of fused-ring (bicyclic) bond motifs is 1. The van der Waals surface area contributed by atoms with Crippen LogP contribution in [0.3, 0.4) is 0 Å². The van der Waals surface area contributed by atoms with Gasteiger partial charge < -0.3 is 5.73 Å². The Labute approximate surface area is 127 Å². The van der Waals surface area contributed by atoms with Crippen molar-refractivity contribution in [3.05, 3.63) is 34.9 Å². The third-order valence-corrected chi connectivity index (χ3v) is 5.46. The number of piperidine rings is 1. The number of likely N-dealkylation sites (tertiary alicyclic amines) is 1. The number of halogens is 1. The van der Waals surface area contributed by atoms with Gasteiger partial charge in [0.25, 0.3) is 0 Å². The van der Waals surface area contributed by atoms with Crippen LogP contribution in [0.2, 0.25) is 5.02 Å². The minimum absolute atomic E-state index is 0.106. The van der Waals surface area contributed by atoms with Gasteiger partial charge in [-0.05, 0) is 56.7 Å². The highest BCUT2D eigenvalue weighted by Crippen LogP contribution is 2.42. The van der Waals surface area contributed by atoms with Crippen molar-refractivity contribution < 1.29 is 0 Å². The van der Waals surface area contributed by atoms with E-state index in [9.17, 15) is 0 Å². The van der Waals surface area contributed by atoms with E-state index in [0.717, 1.165) is 17.0 Å². The Morgan fingerprint density at radius 3 is 2.70 bits per heavy atom. The fourth-order valence-corrected chi connectivity index (χ4v) is 4.56. The zero-order valence-electron chi connectivity index (χ0n) is 12.3. The zero-order valence-corrected chi connectivity index (χ0v) is 13.0. The Morgan fingerprint density at radius 1 is 1.20 bits per heavy atom. The van der Waals surface area contributed by atoms with E-state index in [2.05, 4.69) is 24.0 Å². The Bertz CT molecular complexity index is 460. The van der Waals surface area contributed by atoms with E-state index in [0.29, 0.717) is 0 Å². The van der Waals surface area contributed by atoms with Gasteiger partial charge in [0, 0.05) is 17.1 Å². The van der Waals surface area contributed by atoms with Crippen molar-refractivity contribution >= 4 is 11.6 Å². The Hall–Kier alpha value is -0.570. The molecule has 4 unspecified atom stereocenters. The average molecular weight is 293 g/mol. The van der Waals surface area contributed by atoms with Gasteiger partial charge in [0.05, 0.1) is 6.04 Å². The molecule has 2 fully saturated rings. The van der Waals surface area contributed by atoms with Gasteiger partial charge in [0.1, 0.15) is 0 Å². The molecule has 1 heterocycles. The van der Waals surface area contributed by atoms with Gasteiger partial charge in [0.15, 0.2) is 0 Å². The largest absolute Gasteiger partial charge is 0.326 e. The molecule has 0 aromatic heterocycles. The molecule has 1 aromatic rings. The lowest BCUT2D eigenvalue weighted by Gasteiger charge is -2.44. The summed E-state index contributed by atoms with van der Waals surface area (Å²) in [5, 5.41) is 0.856. The van der Waals surface area contributed by atoms with Crippen molar-refractivity contribution in [2.45, 2.75) is 57.2 Å². The SMILES string of the molecule is CC(N)C(c1ccccc1Cl)N1CCCC2CCCC21. The molecule has 20 heavy (non-hydrogen) atoms. The molecule has 1 saturated carbocycles. The first-order chi connectivity index (χ1) is 9.68. The smallest absolute Gasteiger partial charge is 0.0514 e. The summed E-state index contributed by atoms with van der Waals surface area (Å²) in [5.74, 6) is 0.882. The second-order valence-corrected chi connectivity index (χ2v) is 6.87. The molecule has 3 heteroatoms. The van der Waals surface area contributed by atoms with E-state index >= 15 is 0 Å². The van der Waals surface area contributed by atoms with Crippen LogP contribution in [0.1, 0.15) is 50.6 Å². The summed E-state index contributed by atoms with van der Waals surface area (Å²) in [7, 11) is 0. The topological polar surface area (TPSA) is 29.3 Å². The highest BCUT2D eigenvalue weighted by molar-refractivity contribution is 6.31. The van der Waals surface area contributed by atoms with E-state index in [1.165, 1.54) is 44.2 Å². The van der Waals surface area contributed by atoms with Gasteiger partial charge in [-0.15, -0.1) is 0 Å². The van der Waals surface area contributed by atoms with Crippen molar-refractivity contribution in [1.29, 1.82) is 0 Å². The predicted octanol–water partition coefficient (Wildman–Crippen LogP) is 3.99. The molecule has 110 valence electrons. The molecule has 1 aromatic carbocycles. The lowest BCUT2D eigenvalue weighted by molar-refractivity contribution is 0.0571. The molecule has 4 atom stereocenters. The van der Waals surface area contributed by atoms with E-state index in [-0.39, 0.29) is 12.1 Å². The maximum absolute atomic E-state index is 6.44. The van der Waals surface area contributed by atoms with Gasteiger partial charge in [-0.25, -0.2) is 0 Å². The maximum Gasteiger partial charge on any atom is 0.0514 e. The summed E-state index contributed by atoms with van der Waals surface area (Å²) in [6, 6.07) is 9.29. The molecular formula is C17H25ClN2. The molecule has 1 aliphatic heterocycles. The lowest BCUT2D eigenvalue weighted by Crippen LogP contribution is -2.49. The quantitative estimate of drug-likeness (QED) is 0.912. The molecular weight excluding hydrogens is 268 g/mol. The summed E-state index contributed by atoms with van der Waals surface area (Å²) in [6.07, 6.45) is 6.80. The minimum Gasteiger partial charge on any atom is -0.326 e. The summed E-state index contributed by atoms with van der Waals surface area (Å²) < 4.78 is 0. The number of hydrogen-bond donors (Lipinski definition) is 1. The maximum atomic E-state index is 6.44. The van der Waals surface area contributed by atoms with Gasteiger partial charge in [-0.1, -0.05) is 36.2 Å². The van der Waals surface area contributed by atoms with Gasteiger partial charge in [-0.2, -0.15) is 0 Å². The van der Waals surface area contributed by atoms with Crippen molar-refractivity contribution in [2.24, 2.45) is 11.7 Å². The van der Waals surface area contributed by atoms with Crippen LogP contribution in [0.25, 0.3) is 0 Å². The number of rotatable bonds is 3. The Morgan fingerprint density at radius 2 is 1.95 bits per heavy atom. The second-order valence-electron chi connectivity index (χ2n) is 6.46. The van der Waals surface area contributed by atoms with Gasteiger partial charge in [-0.3, -0.25) is 4.90 Å². The van der Waals surface area contributed by atoms with Gasteiger partial charge in [0.2, 0.25) is 0 Å². The first-order valence-corrected chi connectivity index (χ1v) is 8.32. The molecule has 2 nitrogen and oxygen atoms in total. The van der Waals surface area contributed by atoms with Crippen molar-refractivity contribution in [2.75, 3.05) is 6.54 Å². The molecule has 1 aliphatic carbocycles. The Balaban J connectivity index is 1.92. The standard InChI is InChI=1S/C17H25ClN2/c1-12(19)17(14-8-2-3-9-15(14)18)20-11-5-7-13-6-4-10-16(13)20/h2-3,8-9,12-13,16-17H,4-7,10-11,19H2,1H3. The lowest BCUT2D eigenvalue weighted by atomic mass is 9.87. The van der Waals surface area contributed by atoms with Crippen LogP contribution in [-0.4, -0.2) is 23.5 Å². The van der Waals surface area contributed by atoms with Crippen LogP contribution in [0.5, 0.6) is 0 Å². The van der Waals surface area contributed by atoms with Crippen LogP contribution in [0.4, 0.5) is 0 Å². The summed E-state index contributed by atoms with van der Waals surface area (Å²) in [6.45, 7) is 3.28. The second kappa shape index (κ2) is 6.05. The van der Waals surface area contributed by atoms with Crippen LogP contribution < -0.4 is 5.73 Å². The third-order valence-electron chi connectivity index (χ3n) is 5.12. The van der Waals surface area contributed by atoms with E-state index in [1.807, 2.05) is 12.1 Å². The van der Waals surface area contributed by atoms with Crippen molar-refractivity contribution in [1.82, 2.24) is 4.90 Å². The van der Waals surface area contributed by atoms with Crippen LogP contribution >= 0.6 is 11.6 Å². The predicted molar refractivity (Wildman–Crippen MR) is 84.9 cm³/mol. The molecule has 0 amide bonds. The molecule has 3 rings (SSSR count). The summed E-state index contributed by atoms with van der Waals surface area (Å²) >= 11 is 6.44. The number of hydrogen-bond acceptors (Lipinski definition) is 2. The molecule has 2 aliphatic rings. The molecule has 0 radical (unpaired) electrons. The normalized spacial score (nSPS) is 29.9. The number of nitrogens with zero attached hydrogens (tertiary/aromatic N) is 1. The van der Waals surface area contributed by atoms with E-state index in [4.69, 9.17) is 17.3 Å². The van der Waals surface area contributed by atoms with Crippen LogP contribution in [-0.2, 0) is 0 Å².